The first-order valence-electron chi connectivity index (χ1n) is 15.0. The van der Waals surface area contributed by atoms with Crippen molar-refractivity contribution in [2.24, 2.45) is 7.05 Å². The standard InChI is InChI=1S/C23H31BN9O17P3/c1-8-27-17-11(19(37)28-8)26-6-32(17)22-15(36)16(44-3)10(48-22)5-46-52(40,41)50-53(42,43)49-51(24,39)45-4-9-13(34)14(35)21(47-9)33-7-31(2)12-18(33)29-23(25)30-20(12)38/h6-7,9-10,13-16,21-22,34-36H,4-5H2,1-3H3,(H5-,25,27,28,29,30,37,38,40,41,42,43)/q-1/p+1/t9-,10-,13?,14+,15+,16?,21-,22-,51?/m1/s1. The van der Waals surface area contributed by atoms with Crippen LogP contribution in [-0.2, 0) is 52.6 Å². The van der Waals surface area contributed by atoms with Gasteiger partial charge in [-0.3, -0.25) is 28.2 Å². The third-order valence-electron chi connectivity index (χ3n) is 8.05. The molecule has 5 unspecified atom stereocenters. The number of ether oxygens (including phenoxy) is 3. The van der Waals surface area contributed by atoms with Crippen LogP contribution in [0, 0.1) is 6.92 Å². The Morgan fingerprint density at radius 2 is 1.68 bits per heavy atom. The lowest BCUT2D eigenvalue weighted by Crippen LogP contribution is -2.46. The zero-order valence-electron chi connectivity index (χ0n) is 27.5. The summed E-state index contributed by atoms with van der Waals surface area (Å²) >= 11 is 0. The van der Waals surface area contributed by atoms with Gasteiger partial charge in [0.2, 0.25) is 11.7 Å². The number of hydrogen-bond acceptors (Lipinski definition) is 19. The maximum Gasteiger partial charge on any atom is 0.485 e. The van der Waals surface area contributed by atoms with Gasteiger partial charge in [-0.05, 0) is 6.92 Å². The zero-order chi connectivity index (χ0) is 38.8. The third-order valence-corrected chi connectivity index (χ3v) is 12.4. The molecule has 0 bridgehead atoms. The molecule has 0 aromatic carbocycles. The molecule has 2 aliphatic heterocycles. The fraction of sp³-hybridized carbons (Fsp3) is 0.565. The van der Waals surface area contributed by atoms with Crippen LogP contribution >= 0.6 is 23.1 Å². The van der Waals surface area contributed by atoms with Gasteiger partial charge in [0.05, 0.1) is 34.1 Å². The molecule has 0 spiro atoms. The number of nitrogens with two attached hydrogens (primary N) is 1. The first kappa shape index (κ1) is 39.5. The number of nitrogens with one attached hydrogen (secondary N) is 2. The number of methoxy groups -OCH3 is 1. The molecule has 9 N–H and O–H groups in total. The van der Waals surface area contributed by atoms with Crippen LogP contribution in [0.5, 0.6) is 0 Å². The lowest BCUT2D eigenvalue weighted by molar-refractivity contribution is -0.745. The highest BCUT2D eigenvalue weighted by Gasteiger charge is 2.49. The average molecular weight is 810 g/mol. The monoisotopic (exact) mass is 810 g/mol. The highest BCUT2D eigenvalue weighted by Crippen LogP contribution is 2.67. The van der Waals surface area contributed by atoms with E-state index >= 15 is 0 Å². The van der Waals surface area contributed by atoms with Crippen molar-refractivity contribution in [1.82, 2.24) is 34.1 Å². The SMILES string of the molecule is [B-]P(=O)(OC[C@H]1O[C@@H]([n+]2cn(C)c3c(=O)[nH]c(N)nc32)[C@@H](O)C1O)OP(=O)(O)OP(=O)(O)OC[C@H]1O[C@@H](n2cnc3c(=O)[nH]c(C)nc32)[C@@H](O)C1OC. The predicted octanol–water partition coefficient (Wildman–Crippen LogP) is -2.99. The molecule has 2 saturated heterocycles. The van der Waals surface area contributed by atoms with Gasteiger partial charge < -0.3 is 66.7 Å². The molecule has 0 aliphatic carbocycles. The summed E-state index contributed by atoms with van der Waals surface area (Å²) in [6.07, 6.45) is -9.16. The Morgan fingerprint density at radius 3 is 2.38 bits per heavy atom. The summed E-state index contributed by atoms with van der Waals surface area (Å²) < 4.78 is 76.5. The van der Waals surface area contributed by atoms with E-state index in [0.717, 1.165) is 0 Å². The van der Waals surface area contributed by atoms with Crippen molar-refractivity contribution in [3.05, 3.63) is 39.2 Å². The smallest absolute Gasteiger partial charge is 0.443 e. The number of phosphoric acid groups is 2. The van der Waals surface area contributed by atoms with Gasteiger partial charge >= 0.3 is 21.3 Å². The lowest BCUT2D eigenvalue weighted by Gasteiger charge is -2.29. The number of fused-ring (bicyclic) bond motifs is 2. The van der Waals surface area contributed by atoms with E-state index in [4.69, 9.17) is 36.6 Å². The number of nitrogen functional groups attached to an aromatic ring is 1. The first-order chi connectivity index (χ1) is 24.7. The molecule has 53 heavy (non-hydrogen) atoms. The van der Waals surface area contributed by atoms with Gasteiger partial charge in [0.1, 0.15) is 42.4 Å². The summed E-state index contributed by atoms with van der Waals surface area (Å²) in [6, 6.07) is 0. The van der Waals surface area contributed by atoms with E-state index in [9.17, 15) is 48.4 Å². The minimum atomic E-state index is -5.84. The number of imidazole rings is 2. The number of H-pyrrole nitrogens is 2. The normalized spacial score (nSPS) is 29.8. The number of phosphoric ester groups is 1. The van der Waals surface area contributed by atoms with Crippen LogP contribution in [0.1, 0.15) is 18.3 Å². The second-order valence-corrected chi connectivity index (χ2v) is 16.5. The number of aliphatic hydroxyl groups is 3. The Labute approximate surface area is 296 Å². The van der Waals surface area contributed by atoms with Gasteiger partial charge in [0, 0.05) is 7.11 Å². The maximum absolute atomic E-state index is 12.8. The molecule has 6 heterocycles. The van der Waals surface area contributed by atoms with Crippen LogP contribution in [0.3, 0.4) is 0 Å². The van der Waals surface area contributed by atoms with Crippen molar-refractivity contribution in [2.75, 3.05) is 26.1 Å². The van der Waals surface area contributed by atoms with Gasteiger partial charge in [-0.2, -0.15) is 4.31 Å². The quantitative estimate of drug-likeness (QED) is 0.0379. The van der Waals surface area contributed by atoms with E-state index in [0.29, 0.717) is 0 Å². The van der Waals surface area contributed by atoms with Crippen molar-refractivity contribution < 1.29 is 75.2 Å². The van der Waals surface area contributed by atoms with Crippen LogP contribution in [0.15, 0.2) is 22.2 Å². The molecule has 6 rings (SSSR count). The summed E-state index contributed by atoms with van der Waals surface area (Å²) in [5, 5.41) is 32.1. The molecule has 2 aliphatic rings. The highest BCUT2D eigenvalue weighted by molar-refractivity contribution is 7.84. The van der Waals surface area contributed by atoms with E-state index < -0.39 is 96.5 Å². The van der Waals surface area contributed by atoms with Gasteiger partial charge in [0.15, 0.2) is 23.7 Å². The molecule has 4 aromatic heterocycles. The molecular formula is C23H32BN9O17P3. The molecular weight excluding hydrogens is 778 g/mol. The minimum absolute atomic E-state index is 0.0290. The van der Waals surface area contributed by atoms with Crippen molar-refractivity contribution in [3.8, 4) is 0 Å². The Morgan fingerprint density at radius 1 is 0.981 bits per heavy atom. The van der Waals surface area contributed by atoms with E-state index in [1.165, 1.54) is 47.4 Å². The lowest BCUT2D eigenvalue weighted by atomic mass is 10.1. The molecule has 11 atom stereocenters. The summed E-state index contributed by atoms with van der Waals surface area (Å²) in [7, 11) is -8.50. The number of aromatic amines is 2. The van der Waals surface area contributed by atoms with Gasteiger partial charge in [0.25, 0.3) is 17.1 Å². The van der Waals surface area contributed by atoms with Crippen molar-refractivity contribution >= 4 is 59.0 Å². The zero-order valence-corrected chi connectivity index (χ0v) is 30.2. The Hall–Kier alpha value is -3.23. The minimum Gasteiger partial charge on any atom is -0.443 e. The molecule has 3 radical (unpaired) electrons. The van der Waals surface area contributed by atoms with Crippen molar-refractivity contribution in [3.63, 3.8) is 0 Å². The average Bonchev–Trinajstić information content (AvgIpc) is 3.76. The van der Waals surface area contributed by atoms with Crippen LogP contribution in [0.2, 0.25) is 0 Å². The van der Waals surface area contributed by atoms with Crippen LogP contribution in [-0.4, -0.2) is 124 Å². The molecule has 30 heteroatoms. The fourth-order valence-corrected chi connectivity index (χ4v) is 9.48. The van der Waals surface area contributed by atoms with E-state index in [1.807, 2.05) is 0 Å². The Kier molecular flexibility index (Phi) is 10.8. The van der Waals surface area contributed by atoms with Crippen molar-refractivity contribution in [2.45, 2.75) is 56.0 Å². The molecule has 26 nitrogen and oxygen atoms in total. The highest BCUT2D eigenvalue weighted by atomic mass is 31.3. The summed E-state index contributed by atoms with van der Waals surface area (Å²) in [4.78, 5) is 61.8. The second kappa shape index (κ2) is 14.4. The first-order valence-corrected chi connectivity index (χ1v) is 19.6. The fourth-order valence-electron chi connectivity index (χ4n) is 5.83. The molecule has 4 aromatic rings. The Bertz CT molecular complexity index is 2300. The number of nitrogens with zero attached hydrogens (tertiary/aromatic N) is 6. The van der Waals surface area contributed by atoms with E-state index in [2.05, 4.69) is 33.5 Å². The third kappa shape index (κ3) is 7.96. The number of hydrogen-bond donors (Lipinski definition) is 8. The second-order valence-electron chi connectivity index (χ2n) is 11.8. The maximum atomic E-state index is 12.8. The van der Waals surface area contributed by atoms with Crippen LogP contribution in [0.25, 0.3) is 22.3 Å². The topological polar surface area (TPSA) is 361 Å². The number of aryl methyl sites for hydroxylation is 2. The molecule has 0 saturated carbocycles. The van der Waals surface area contributed by atoms with Crippen LogP contribution in [0.4, 0.5) is 5.95 Å². The summed E-state index contributed by atoms with van der Waals surface area (Å²) in [6.45, 7) is -0.324. The van der Waals surface area contributed by atoms with Crippen LogP contribution < -0.4 is 21.4 Å². The Balaban J connectivity index is 1.06. The summed E-state index contributed by atoms with van der Waals surface area (Å²) in [5.41, 5.74) is 4.46. The van der Waals surface area contributed by atoms with Gasteiger partial charge in [-0.1, -0.05) is 4.98 Å². The number of rotatable bonds is 13. The number of anilines is 1. The van der Waals surface area contributed by atoms with Gasteiger partial charge in [-0.15, -0.1) is 0 Å². The largest absolute Gasteiger partial charge is 0.485 e. The van der Waals surface area contributed by atoms with E-state index in [-0.39, 0.29) is 34.1 Å². The van der Waals surface area contributed by atoms with E-state index in [1.54, 1.807) is 0 Å². The predicted molar refractivity (Wildman–Crippen MR) is 173 cm³/mol. The molecule has 289 valence electrons. The number of aromatic nitrogens is 8. The summed E-state index contributed by atoms with van der Waals surface area (Å²) in [5.74, 6) is -0.0198. The van der Waals surface area contributed by atoms with Crippen molar-refractivity contribution in [1.29, 1.82) is 0 Å². The molecule has 0 amide bonds. The number of aliphatic hydroxyl groups excluding tert-OH is 3. The molecule has 2 fully saturated rings. The van der Waals surface area contributed by atoms with Gasteiger partial charge in [-0.25, -0.2) is 28.0 Å².